The van der Waals surface area contributed by atoms with Crippen LogP contribution in [0.3, 0.4) is 0 Å². The van der Waals surface area contributed by atoms with Crippen LogP contribution < -0.4 is 5.32 Å². The third kappa shape index (κ3) is 3.14. The largest absolute Gasteiger partial charge is 0.392 e. The van der Waals surface area contributed by atoms with Crippen molar-refractivity contribution in [1.82, 2.24) is 19.5 Å². The molecule has 0 aliphatic carbocycles. The predicted molar refractivity (Wildman–Crippen MR) is 101 cm³/mol. The summed E-state index contributed by atoms with van der Waals surface area (Å²) in [6.45, 7) is 2.09. The molecule has 0 saturated heterocycles. The molecule has 0 radical (unpaired) electrons. The molecule has 0 saturated carbocycles. The second-order valence-corrected chi connectivity index (χ2v) is 6.13. The zero-order valence-corrected chi connectivity index (χ0v) is 14.4. The molecular formula is C20H19N5O. The first kappa shape index (κ1) is 16.2. The molecule has 0 unspecified atom stereocenters. The molecule has 4 aromatic rings. The minimum Gasteiger partial charge on any atom is -0.392 e. The number of fused-ring (bicyclic) bond motifs is 1. The van der Waals surface area contributed by atoms with Crippen LogP contribution in [0.1, 0.15) is 24.1 Å². The van der Waals surface area contributed by atoms with E-state index < -0.39 is 0 Å². The Morgan fingerprint density at radius 1 is 1.12 bits per heavy atom. The maximum absolute atomic E-state index is 9.27. The lowest BCUT2D eigenvalue weighted by atomic mass is 10.1. The Hall–Kier alpha value is -3.25. The van der Waals surface area contributed by atoms with E-state index in [4.69, 9.17) is 0 Å². The quantitative estimate of drug-likeness (QED) is 0.579. The van der Waals surface area contributed by atoms with Crippen molar-refractivity contribution >= 4 is 16.9 Å². The fraction of sp³-hybridized carbons (Fsp3) is 0.150. The highest BCUT2D eigenvalue weighted by atomic mass is 16.3. The molecule has 6 nitrogen and oxygen atoms in total. The van der Waals surface area contributed by atoms with Gasteiger partial charge in [-0.1, -0.05) is 36.4 Å². The SMILES string of the molecule is C[C@H](Nc1cncc(-n2cnc3cc(CO)ccc32)n1)c1ccccc1. The van der Waals surface area contributed by atoms with Gasteiger partial charge in [0.05, 0.1) is 30.0 Å². The van der Waals surface area contributed by atoms with Crippen LogP contribution in [0.4, 0.5) is 5.82 Å². The first-order valence-electron chi connectivity index (χ1n) is 8.45. The molecular weight excluding hydrogens is 326 g/mol. The molecule has 26 heavy (non-hydrogen) atoms. The molecule has 4 rings (SSSR count). The van der Waals surface area contributed by atoms with Crippen molar-refractivity contribution in [3.8, 4) is 5.82 Å². The number of nitrogens with one attached hydrogen (secondary N) is 1. The summed E-state index contributed by atoms with van der Waals surface area (Å²) in [4.78, 5) is 13.4. The van der Waals surface area contributed by atoms with E-state index in [1.807, 2.05) is 41.0 Å². The molecule has 2 aromatic carbocycles. The molecule has 0 spiro atoms. The van der Waals surface area contributed by atoms with Gasteiger partial charge in [0.15, 0.2) is 5.82 Å². The van der Waals surface area contributed by atoms with Crippen molar-refractivity contribution < 1.29 is 5.11 Å². The van der Waals surface area contributed by atoms with Gasteiger partial charge in [0, 0.05) is 6.04 Å². The third-order valence-electron chi connectivity index (χ3n) is 4.33. The van der Waals surface area contributed by atoms with Crippen molar-refractivity contribution in [2.75, 3.05) is 5.32 Å². The van der Waals surface area contributed by atoms with Gasteiger partial charge in [0.1, 0.15) is 12.1 Å². The maximum atomic E-state index is 9.27. The fourth-order valence-electron chi connectivity index (χ4n) is 2.93. The van der Waals surface area contributed by atoms with Crippen LogP contribution in [-0.2, 0) is 6.61 Å². The summed E-state index contributed by atoms with van der Waals surface area (Å²) in [5, 5.41) is 12.7. The number of hydrogen-bond donors (Lipinski definition) is 2. The minimum absolute atomic E-state index is 0.000610. The Labute approximate surface area is 151 Å². The topological polar surface area (TPSA) is 75.9 Å². The van der Waals surface area contributed by atoms with E-state index in [1.54, 1.807) is 18.7 Å². The predicted octanol–water partition coefficient (Wildman–Crippen LogP) is 3.48. The normalized spacial score (nSPS) is 12.2. The highest BCUT2D eigenvalue weighted by Crippen LogP contribution is 2.21. The second kappa shape index (κ2) is 6.93. The summed E-state index contributed by atoms with van der Waals surface area (Å²) in [5.74, 6) is 1.39. The van der Waals surface area contributed by atoms with Crippen molar-refractivity contribution in [2.45, 2.75) is 19.6 Å². The highest BCUT2D eigenvalue weighted by molar-refractivity contribution is 5.77. The lowest BCUT2D eigenvalue weighted by Crippen LogP contribution is -2.09. The lowest BCUT2D eigenvalue weighted by molar-refractivity contribution is 0.282. The van der Waals surface area contributed by atoms with E-state index >= 15 is 0 Å². The summed E-state index contributed by atoms with van der Waals surface area (Å²) in [6.07, 6.45) is 5.14. The van der Waals surface area contributed by atoms with Crippen molar-refractivity contribution in [3.63, 3.8) is 0 Å². The number of benzene rings is 2. The molecule has 2 N–H and O–H groups in total. The van der Waals surface area contributed by atoms with E-state index in [9.17, 15) is 5.11 Å². The number of aromatic nitrogens is 4. The van der Waals surface area contributed by atoms with Crippen LogP contribution in [0.15, 0.2) is 67.3 Å². The number of imidazole rings is 1. The minimum atomic E-state index is -0.000610. The number of nitrogens with zero attached hydrogens (tertiary/aromatic N) is 4. The first-order chi connectivity index (χ1) is 12.7. The van der Waals surface area contributed by atoms with Crippen molar-refractivity contribution in [3.05, 3.63) is 78.4 Å². The fourth-order valence-corrected chi connectivity index (χ4v) is 2.93. The Kier molecular flexibility index (Phi) is 4.33. The number of hydrogen-bond acceptors (Lipinski definition) is 5. The van der Waals surface area contributed by atoms with E-state index in [2.05, 4.69) is 39.3 Å². The van der Waals surface area contributed by atoms with Crippen molar-refractivity contribution in [2.24, 2.45) is 0 Å². The molecule has 2 heterocycles. The van der Waals surface area contributed by atoms with Gasteiger partial charge in [-0.05, 0) is 30.2 Å². The van der Waals surface area contributed by atoms with Gasteiger partial charge in [-0.15, -0.1) is 0 Å². The van der Waals surface area contributed by atoms with E-state index in [-0.39, 0.29) is 12.6 Å². The standard InChI is InChI=1S/C20H19N5O/c1-14(16-5-3-2-4-6-16)23-19-10-21-11-20(24-19)25-13-22-17-9-15(12-26)7-8-18(17)25/h2-11,13-14,26H,12H2,1H3,(H,23,24)/t14-/m0/s1. The van der Waals surface area contributed by atoms with Crippen LogP contribution in [0.5, 0.6) is 0 Å². The van der Waals surface area contributed by atoms with Crippen LogP contribution in [0.2, 0.25) is 0 Å². The molecule has 2 aromatic heterocycles. The summed E-state index contributed by atoms with van der Waals surface area (Å²) in [5.41, 5.74) is 3.75. The average molecular weight is 345 g/mol. The van der Waals surface area contributed by atoms with Gasteiger partial charge in [-0.3, -0.25) is 9.55 Å². The smallest absolute Gasteiger partial charge is 0.159 e. The molecule has 130 valence electrons. The lowest BCUT2D eigenvalue weighted by Gasteiger charge is -2.15. The summed E-state index contributed by atoms with van der Waals surface area (Å²) < 4.78 is 1.89. The summed E-state index contributed by atoms with van der Waals surface area (Å²) >= 11 is 0. The molecule has 0 bridgehead atoms. The first-order valence-corrected chi connectivity index (χ1v) is 8.45. The Morgan fingerprint density at radius 2 is 1.96 bits per heavy atom. The molecule has 0 fully saturated rings. The van der Waals surface area contributed by atoms with Gasteiger partial charge in [-0.25, -0.2) is 9.97 Å². The van der Waals surface area contributed by atoms with Crippen LogP contribution in [0, 0.1) is 0 Å². The molecule has 1 atom stereocenters. The van der Waals surface area contributed by atoms with Gasteiger partial charge in [0.2, 0.25) is 0 Å². The zero-order chi connectivity index (χ0) is 17.9. The molecule has 0 amide bonds. The highest BCUT2D eigenvalue weighted by Gasteiger charge is 2.10. The number of anilines is 1. The Bertz CT molecular complexity index is 1030. The van der Waals surface area contributed by atoms with Crippen LogP contribution >= 0.6 is 0 Å². The molecule has 0 aliphatic rings. The number of aliphatic hydroxyl groups is 1. The summed E-state index contributed by atoms with van der Waals surface area (Å²) in [7, 11) is 0. The van der Waals surface area contributed by atoms with Gasteiger partial charge >= 0.3 is 0 Å². The van der Waals surface area contributed by atoms with Gasteiger partial charge in [0.25, 0.3) is 0 Å². The summed E-state index contributed by atoms with van der Waals surface area (Å²) in [6, 6.07) is 16.0. The van der Waals surface area contributed by atoms with E-state index in [1.165, 1.54) is 5.56 Å². The van der Waals surface area contributed by atoms with Crippen LogP contribution in [-0.4, -0.2) is 24.6 Å². The van der Waals surface area contributed by atoms with Crippen LogP contribution in [0.25, 0.3) is 16.9 Å². The Balaban J connectivity index is 1.64. The van der Waals surface area contributed by atoms with Gasteiger partial charge in [-0.2, -0.15) is 0 Å². The maximum Gasteiger partial charge on any atom is 0.159 e. The third-order valence-corrected chi connectivity index (χ3v) is 4.33. The molecule has 6 heteroatoms. The Morgan fingerprint density at radius 3 is 2.77 bits per heavy atom. The second-order valence-electron chi connectivity index (χ2n) is 6.13. The molecule has 0 aliphatic heterocycles. The number of aliphatic hydroxyl groups excluding tert-OH is 1. The number of rotatable bonds is 5. The van der Waals surface area contributed by atoms with E-state index in [0.717, 1.165) is 16.6 Å². The van der Waals surface area contributed by atoms with Gasteiger partial charge < -0.3 is 10.4 Å². The monoisotopic (exact) mass is 345 g/mol. The van der Waals surface area contributed by atoms with E-state index in [0.29, 0.717) is 11.6 Å². The van der Waals surface area contributed by atoms with Crippen molar-refractivity contribution in [1.29, 1.82) is 0 Å². The average Bonchev–Trinajstić information content (AvgIpc) is 3.12. The zero-order valence-electron chi connectivity index (χ0n) is 14.4.